The lowest BCUT2D eigenvalue weighted by atomic mass is 10.2. The Hall–Kier alpha value is -2.96. The predicted octanol–water partition coefficient (Wildman–Crippen LogP) is 1.03. The lowest BCUT2D eigenvalue weighted by molar-refractivity contribution is 0.0690. The zero-order valence-corrected chi connectivity index (χ0v) is 10.5. The molecule has 2 aromatic heterocycles. The number of aromatic nitrogens is 2. The second kappa shape index (κ2) is 5.35. The van der Waals surface area contributed by atoms with Gasteiger partial charge in [-0.15, -0.1) is 0 Å². The van der Waals surface area contributed by atoms with Crippen LogP contribution in [0.5, 0.6) is 0 Å². The number of carbonyl (C=O) groups excluding carboxylic acids is 1. The third kappa shape index (κ3) is 2.89. The largest absolute Gasteiger partial charge is 0.477 e. The van der Waals surface area contributed by atoms with Gasteiger partial charge in [-0.25, -0.2) is 9.78 Å². The van der Waals surface area contributed by atoms with Crippen LogP contribution in [0.4, 0.5) is 5.69 Å². The van der Waals surface area contributed by atoms with Gasteiger partial charge in [-0.1, -0.05) is 0 Å². The minimum Gasteiger partial charge on any atom is -0.477 e. The first kappa shape index (κ1) is 13.5. The molecule has 1 amide bonds. The van der Waals surface area contributed by atoms with Crippen LogP contribution in [-0.2, 0) is 0 Å². The third-order valence-corrected chi connectivity index (χ3v) is 2.54. The molecule has 0 atom stereocenters. The fourth-order valence-corrected chi connectivity index (χ4v) is 1.54. The molecular weight excluding hydrogens is 262 g/mol. The minimum absolute atomic E-state index is 0.0297. The number of hydrogen-bond acceptors (Lipinski definition) is 4. The highest BCUT2D eigenvalue weighted by Gasteiger charge is 2.11. The van der Waals surface area contributed by atoms with Crippen molar-refractivity contribution in [2.24, 2.45) is 0 Å². The van der Waals surface area contributed by atoms with Gasteiger partial charge < -0.3 is 15.4 Å². The molecule has 0 aliphatic carbocycles. The summed E-state index contributed by atoms with van der Waals surface area (Å²) in [4.78, 5) is 40.6. The van der Waals surface area contributed by atoms with Gasteiger partial charge in [-0.3, -0.25) is 9.59 Å². The molecule has 0 bridgehead atoms. The Morgan fingerprint density at radius 2 is 2.10 bits per heavy atom. The number of hydrogen-bond donors (Lipinski definition) is 3. The van der Waals surface area contributed by atoms with E-state index in [2.05, 4.69) is 15.3 Å². The van der Waals surface area contributed by atoms with Crippen LogP contribution < -0.4 is 10.7 Å². The molecular formula is C13H11N3O4. The number of carbonyl (C=O) groups is 2. The van der Waals surface area contributed by atoms with Crippen LogP contribution in [0.1, 0.15) is 26.5 Å². The van der Waals surface area contributed by atoms with Gasteiger partial charge in [0.2, 0.25) is 0 Å². The van der Waals surface area contributed by atoms with Crippen LogP contribution in [0.15, 0.2) is 35.4 Å². The number of anilines is 1. The number of nitrogens with one attached hydrogen (secondary N) is 2. The van der Waals surface area contributed by atoms with Crippen molar-refractivity contribution < 1.29 is 14.7 Å². The first-order valence-electron chi connectivity index (χ1n) is 5.67. The number of carboxylic acids is 1. The van der Waals surface area contributed by atoms with E-state index >= 15 is 0 Å². The summed E-state index contributed by atoms with van der Waals surface area (Å²) in [6.07, 6.45) is 2.54. The second-order valence-corrected chi connectivity index (χ2v) is 4.09. The molecule has 0 fully saturated rings. The number of H-pyrrole nitrogens is 1. The summed E-state index contributed by atoms with van der Waals surface area (Å²) in [5, 5.41) is 11.2. The molecule has 0 aliphatic rings. The molecule has 3 N–H and O–H groups in total. The lowest BCUT2D eigenvalue weighted by Crippen LogP contribution is -2.21. The Balaban J connectivity index is 2.19. The zero-order chi connectivity index (χ0) is 14.7. The van der Waals surface area contributed by atoms with Crippen molar-refractivity contribution in [3.05, 3.63) is 57.8 Å². The summed E-state index contributed by atoms with van der Waals surface area (Å²) in [7, 11) is 0. The minimum atomic E-state index is -1.15. The SMILES string of the molecule is Cc1cc(=O)c(C(=O)Nc2ccc(C(=O)O)nc2)c[nH]1. The molecule has 0 aliphatic heterocycles. The van der Waals surface area contributed by atoms with Crippen molar-refractivity contribution >= 4 is 17.6 Å². The molecule has 0 spiro atoms. The van der Waals surface area contributed by atoms with Gasteiger partial charge in [-0.2, -0.15) is 0 Å². The summed E-state index contributed by atoms with van der Waals surface area (Å²) >= 11 is 0. The molecule has 2 heterocycles. The maximum atomic E-state index is 11.9. The van der Waals surface area contributed by atoms with Crippen molar-refractivity contribution in [1.82, 2.24) is 9.97 Å². The van der Waals surface area contributed by atoms with Gasteiger partial charge in [-0.05, 0) is 19.1 Å². The van der Waals surface area contributed by atoms with E-state index in [9.17, 15) is 14.4 Å². The van der Waals surface area contributed by atoms with Gasteiger partial charge in [0, 0.05) is 18.0 Å². The summed E-state index contributed by atoms with van der Waals surface area (Å²) in [5.74, 6) is -1.74. The normalized spacial score (nSPS) is 10.1. The Morgan fingerprint density at radius 1 is 1.35 bits per heavy atom. The molecule has 2 aromatic rings. The van der Waals surface area contributed by atoms with E-state index in [4.69, 9.17) is 5.11 Å². The van der Waals surface area contributed by atoms with Crippen LogP contribution >= 0.6 is 0 Å². The number of aromatic amines is 1. The fourth-order valence-electron chi connectivity index (χ4n) is 1.54. The summed E-state index contributed by atoms with van der Waals surface area (Å²) in [6.45, 7) is 1.71. The van der Waals surface area contributed by atoms with Crippen LogP contribution in [0, 0.1) is 6.92 Å². The highest BCUT2D eigenvalue weighted by atomic mass is 16.4. The van der Waals surface area contributed by atoms with E-state index in [0.717, 1.165) is 0 Å². The number of carboxylic acid groups (broad SMARTS) is 1. The smallest absolute Gasteiger partial charge is 0.354 e. The molecule has 0 saturated heterocycles. The molecule has 102 valence electrons. The van der Waals surface area contributed by atoms with Crippen molar-refractivity contribution in [3.63, 3.8) is 0 Å². The Labute approximate surface area is 113 Å². The number of nitrogens with zero attached hydrogens (tertiary/aromatic N) is 1. The van der Waals surface area contributed by atoms with Crippen LogP contribution in [0.2, 0.25) is 0 Å². The van der Waals surface area contributed by atoms with Crippen molar-refractivity contribution in [2.45, 2.75) is 6.92 Å². The average molecular weight is 273 g/mol. The number of aryl methyl sites for hydroxylation is 1. The number of aromatic carboxylic acids is 1. The summed E-state index contributed by atoms with van der Waals surface area (Å²) in [6, 6.07) is 3.98. The Kier molecular flexibility index (Phi) is 3.60. The van der Waals surface area contributed by atoms with Gasteiger partial charge in [0.05, 0.1) is 11.9 Å². The third-order valence-electron chi connectivity index (χ3n) is 2.54. The highest BCUT2D eigenvalue weighted by molar-refractivity contribution is 6.04. The number of pyridine rings is 2. The Bertz CT molecular complexity index is 719. The first-order valence-corrected chi connectivity index (χ1v) is 5.67. The fraction of sp³-hybridized carbons (Fsp3) is 0.0769. The first-order chi connectivity index (χ1) is 9.47. The lowest BCUT2D eigenvalue weighted by Gasteiger charge is -2.04. The maximum absolute atomic E-state index is 11.9. The molecule has 20 heavy (non-hydrogen) atoms. The molecule has 0 aromatic carbocycles. The van der Waals surface area contributed by atoms with E-state index < -0.39 is 17.3 Å². The van der Waals surface area contributed by atoms with Gasteiger partial charge in [0.15, 0.2) is 5.43 Å². The highest BCUT2D eigenvalue weighted by Crippen LogP contribution is 2.07. The number of rotatable bonds is 3. The zero-order valence-electron chi connectivity index (χ0n) is 10.5. The summed E-state index contributed by atoms with van der Waals surface area (Å²) < 4.78 is 0. The van der Waals surface area contributed by atoms with Crippen molar-refractivity contribution in [2.75, 3.05) is 5.32 Å². The van der Waals surface area contributed by atoms with Crippen molar-refractivity contribution in [1.29, 1.82) is 0 Å². The van der Waals surface area contributed by atoms with Crippen LogP contribution in [0.3, 0.4) is 0 Å². The second-order valence-electron chi connectivity index (χ2n) is 4.09. The molecule has 7 heteroatoms. The predicted molar refractivity (Wildman–Crippen MR) is 70.9 cm³/mol. The summed E-state index contributed by atoms with van der Waals surface area (Å²) in [5.41, 5.74) is 0.405. The van der Waals surface area contributed by atoms with Gasteiger partial charge in [0.1, 0.15) is 11.3 Å². The topological polar surface area (TPSA) is 112 Å². The van der Waals surface area contributed by atoms with E-state index in [1.807, 2.05) is 0 Å². The Morgan fingerprint density at radius 3 is 2.65 bits per heavy atom. The van der Waals surface area contributed by atoms with E-state index in [1.165, 1.54) is 30.6 Å². The van der Waals surface area contributed by atoms with Crippen LogP contribution in [-0.4, -0.2) is 27.0 Å². The molecule has 0 unspecified atom stereocenters. The molecule has 7 nitrogen and oxygen atoms in total. The van der Waals surface area contributed by atoms with Gasteiger partial charge >= 0.3 is 5.97 Å². The molecule has 2 rings (SSSR count). The van der Waals surface area contributed by atoms with Crippen molar-refractivity contribution in [3.8, 4) is 0 Å². The maximum Gasteiger partial charge on any atom is 0.354 e. The molecule has 0 saturated carbocycles. The van der Waals surface area contributed by atoms with Gasteiger partial charge in [0.25, 0.3) is 5.91 Å². The van der Waals surface area contributed by atoms with E-state index in [1.54, 1.807) is 6.92 Å². The number of amides is 1. The van der Waals surface area contributed by atoms with Crippen LogP contribution in [0.25, 0.3) is 0 Å². The monoisotopic (exact) mass is 273 g/mol. The standard InChI is InChI=1S/C13H11N3O4/c1-7-4-11(17)9(6-14-7)12(18)16-8-2-3-10(13(19)20)15-5-8/h2-6H,1H3,(H,14,17)(H,16,18)(H,19,20). The quantitative estimate of drug-likeness (QED) is 0.773. The van der Waals surface area contributed by atoms with E-state index in [-0.39, 0.29) is 11.3 Å². The van der Waals surface area contributed by atoms with E-state index in [0.29, 0.717) is 11.4 Å². The average Bonchev–Trinajstić information content (AvgIpc) is 2.39. The molecule has 0 radical (unpaired) electrons.